The molecular weight excluding hydrogens is 316 g/mol. The zero-order valence-electron chi connectivity index (χ0n) is 12.8. The van der Waals surface area contributed by atoms with Crippen LogP contribution in [0.2, 0.25) is 0 Å². The van der Waals surface area contributed by atoms with Gasteiger partial charge in [-0.2, -0.15) is 0 Å². The lowest BCUT2D eigenvalue weighted by Gasteiger charge is -2.22. The minimum Gasteiger partial charge on any atom is -0.396 e. The summed E-state index contributed by atoms with van der Waals surface area (Å²) in [7, 11) is 2.12. The molecular formula is C16H27BrN2O. The zero-order valence-corrected chi connectivity index (χ0v) is 14.4. The van der Waals surface area contributed by atoms with E-state index in [1.807, 2.05) is 0 Å². The van der Waals surface area contributed by atoms with Crippen LogP contribution in [-0.4, -0.2) is 31.9 Å². The molecule has 20 heavy (non-hydrogen) atoms. The third kappa shape index (κ3) is 5.43. The van der Waals surface area contributed by atoms with Crippen molar-refractivity contribution in [3.63, 3.8) is 0 Å². The number of aliphatic hydroxyl groups is 1. The number of nitrogens with zero attached hydrogens (tertiary/aromatic N) is 1. The second-order valence-corrected chi connectivity index (χ2v) is 6.05. The van der Waals surface area contributed by atoms with Gasteiger partial charge in [-0.15, -0.1) is 0 Å². The van der Waals surface area contributed by atoms with Crippen LogP contribution in [0.25, 0.3) is 0 Å². The first-order valence-electron chi connectivity index (χ1n) is 7.45. The van der Waals surface area contributed by atoms with Gasteiger partial charge in [-0.1, -0.05) is 13.0 Å². The van der Waals surface area contributed by atoms with Crippen LogP contribution in [0.3, 0.4) is 0 Å². The first-order chi connectivity index (χ1) is 9.60. The van der Waals surface area contributed by atoms with Crippen molar-refractivity contribution < 1.29 is 5.11 Å². The molecule has 2 N–H and O–H groups in total. The van der Waals surface area contributed by atoms with Crippen molar-refractivity contribution >= 4 is 21.6 Å². The number of aliphatic hydroxyl groups excluding tert-OH is 1. The molecule has 0 saturated carbocycles. The monoisotopic (exact) mass is 342 g/mol. The van der Waals surface area contributed by atoms with E-state index in [2.05, 4.69) is 65.2 Å². The highest BCUT2D eigenvalue weighted by molar-refractivity contribution is 9.10. The number of anilines is 1. The number of rotatable bonds is 9. The highest BCUT2D eigenvalue weighted by Gasteiger charge is 2.09. The average molecular weight is 343 g/mol. The summed E-state index contributed by atoms with van der Waals surface area (Å²) in [4.78, 5) is 2.27. The van der Waals surface area contributed by atoms with Gasteiger partial charge in [0.1, 0.15) is 0 Å². The third-order valence-corrected chi connectivity index (χ3v) is 4.18. The summed E-state index contributed by atoms with van der Waals surface area (Å²) in [5.74, 6) is 0. The Balaban J connectivity index is 2.62. The molecule has 0 fully saturated rings. The second-order valence-electron chi connectivity index (χ2n) is 5.20. The third-order valence-electron chi connectivity index (χ3n) is 3.54. The lowest BCUT2D eigenvalue weighted by Crippen LogP contribution is -2.20. The van der Waals surface area contributed by atoms with E-state index in [0.29, 0.717) is 12.6 Å². The summed E-state index contributed by atoms with van der Waals surface area (Å²) < 4.78 is 1.14. The molecule has 1 atom stereocenters. The molecule has 1 aromatic rings. The Labute approximate surface area is 131 Å². The maximum absolute atomic E-state index is 8.79. The van der Waals surface area contributed by atoms with Gasteiger partial charge in [-0.05, 0) is 66.4 Å². The molecule has 0 aliphatic carbocycles. The fourth-order valence-electron chi connectivity index (χ4n) is 2.28. The van der Waals surface area contributed by atoms with Crippen LogP contribution in [0.1, 0.15) is 44.7 Å². The quantitative estimate of drug-likeness (QED) is 0.671. The molecule has 0 heterocycles. The molecule has 1 aromatic carbocycles. The van der Waals surface area contributed by atoms with E-state index in [-0.39, 0.29) is 0 Å². The number of hydrogen-bond donors (Lipinski definition) is 2. The Morgan fingerprint density at radius 3 is 2.65 bits per heavy atom. The van der Waals surface area contributed by atoms with E-state index >= 15 is 0 Å². The molecule has 4 heteroatoms. The van der Waals surface area contributed by atoms with Crippen LogP contribution in [0.5, 0.6) is 0 Å². The molecule has 0 aliphatic rings. The van der Waals surface area contributed by atoms with Crippen molar-refractivity contribution in [3.05, 3.63) is 28.2 Å². The average Bonchev–Trinajstić information content (AvgIpc) is 2.43. The summed E-state index contributed by atoms with van der Waals surface area (Å²) in [5, 5.41) is 12.2. The molecule has 114 valence electrons. The van der Waals surface area contributed by atoms with Gasteiger partial charge in [-0.25, -0.2) is 0 Å². The van der Waals surface area contributed by atoms with Gasteiger partial charge in [0.2, 0.25) is 0 Å². The van der Waals surface area contributed by atoms with E-state index in [9.17, 15) is 0 Å². The van der Waals surface area contributed by atoms with Crippen LogP contribution < -0.4 is 10.2 Å². The van der Waals surface area contributed by atoms with Gasteiger partial charge in [0.25, 0.3) is 0 Å². The van der Waals surface area contributed by atoms with E-state index < -0.39 is 0 Å². The number of hydrogen-bond acceptors (Lipinski definition) is 3. The van der Waals surface area contributed by atoms with Crippen molar-refractivity contribution in [1.82, 2.24) is 5.32 Å². The summed E-state index contributed by atoms with van der Waals surface area (Å²) in [6.07, 6.45) is 3.08. The molecule has 0 aromatic heterocycles. The van der Waals surface area contributed by atoms with Gasteiger partial charge < -0.3 is 15.3 Å². The predicted molar refractivity (Wildman–Crippen MR) is 90.4 cm³/mol. The molecule has 1 unspecified atom stereocenters. The lowest BCUT2D eigenvalue weighted by molar-refractivity contribution is 0.283. The van der Waals surface area contributed by atoms with Gasteiger partial charge in [0.05, 0.1) is 5.69 Å². The number of halogens is 1. The van der Waals surface area contributed by atoms with Crippen LogP contribution in [0.4, 0.5) is 5.69 Å². The highest BCUT2D eigenvalue weighted by atomic mass is 79.9. The highest BCUT2D eigenvalue weighted by Crippen LogP contribution is 2.29. The summed E-state index contributed by atoms with van der Waals surface area (Å²) in [6, 6.07) is 6.95. The normalized spacial score (nSPS) is 12.4. The van der Waals surface area contributed by atoms with Crippen molar-refractivity contribution in [2.24, 2.45) is 0 Å². The summed E-state index contributed by atoms with van der Waals surface area (Å²) in [5.41, 5.74) is 2.53. The molecule has 0 amide bonds. The maximum atomic E-state index is 8.79. The summed E-state index contributed by atoms with van der Waals surface area (Å²) >= 11 is 3.68. The Morgan fingerprint density at radius 1 is 1.30 bits per heavy atom. The summed E-state index contributed by atoms with van der Waals surface area (Å²) in [6.45, 7) is 6.60. The Kier molecular flexibility index (Phi) is 8.19. The van der Waals surface area contributed by atoms with Gasteiger partial charge in [-0.3, -0.25) is 0 Å². The van der Waals surface area contributed by atoms with Gasteiger partial charge >= 0.3 is 0 Å². The standard InChI is InChI=1S/C16H27BrN2O/c1-4-18-13(2)14-8-9-16(15(17)12-14)19(3)10-6-5-7-11-20/h8-9,12-13,18,20H,4-7,10-11H2,1-3H3. The molecule has 3 nitrogen and oxygen atoms in total. The zero-order chi connectivity index (χ0) is 15.0. The van der Waals surface area contributed by atoms with E-state index in [4.69, 9.17) is 5.11 Å². The Hall–Kier alpha value is -0.580. The topological polar surface area (TPSA) is 35.5 Å². The van der Waals surface area contributed by atoms with Crippen molar-refractivity contribution in [1.29, 1.82) is 0 Å². The maximum Gasteiger partial charge on any atom is 0.0508 e. The smallest absolute Gasteiger partial charge is 0.0508 e. The number of benzene rings is 1. The molecule has 1 rings (SSSR count). The first-order valence-corrected chi connectivity index (χ1v) is 8.24. The number of nitrogens with one attached hydrogen (secondary N) is 1. The van der Waals surface area contributed by atoms with Gasteiger partial charge in [0, 0.05) is 30.7 Å². The van der Waals surface area contributed by atoms with E-state index in [1.165, 1.54) is 11.3 Å². The fraction of sp³-hybridized carbons (Fsp3) is 0.625. The van der Waals surface area contributed by atoms with Crippen molar-refractivity contribution in [3.8, 4) is 0 Å². The number of unbranched alkanes of at least 4 members (excludes halogenated alkanes) is 2. The molecule has 0 spiro atoms. The lowest BCUT2D eigenvalue weighted by atomic mass is 10.1. The minimum absolute atomic E-state index is 0.296. The van der Waals surface area contributed by atoms with Crippen LogP contribution in [0.15, 0.2) is 22.7 Å². The Bertz CT molecular complexity index is 398. The van der Waals surface area contributed by atoms with Crippen LogP contribution in [0, 0.1) is 0 Å². The van der Waals surface area contributed by atoms with Gasteiger partial charge in [0.15, 0.2) is 0 Å². The first kappa shape index (κ1) is 17.5. The predicted octanol–water partition coefficient (Wildman–Crippen LogP) is 3.72. The van der Waals surface area contributed by atoms with Crippen molar-refractivity contribution in [2.45, 2.75) is 39.2 Å². The molecule has 0 saturated heterocycles. The largest absolute Gasteiger partial charge is 0.396 e. The SMILES string of the molecule is CCNC(C)c1ccc(N(C)CCCCCO)c(Br)c1. The molecule has 0 radical (unpaired) electrons. The van der Waals surface area contributed by atoms with E-state index in [1.54, 1.807) is 0 Å². The van der Waals surface area contributed by atoms with E-state index in [0.717, 1.165) is 36.8 Å². The molecule has 0 aliphatic heterocycles. The fourth-order valence-corrected chi connectivity index (χ4v) is 2.98. The van der Waals surface area contributed by atoms with Crippen molar-refractivity contribution in [2.75, 3.05) is 31.6 Å². The Morgan fingerprint density at radius 2 is 2.05 bits per heavy atom. The minimum atomic E-state index is 0.296. The van der Waals surface area contributed by atoms with Crippen LogP contribution >= 0.6 is 15.9 Å². The van der Waals surface area contributed by atoms with Crippen LogP contribution in [-0.2, 0) is 0 Å². The second kappa shape index (κ2) is 9.37. The molecule has 0 bridgehead atoms.